The number of hydrogen-bond acceptors (Lipinski definition) is 6. The molecule has 0 radical (unpaired) electrons. The second kappa shape index (κ2) is 9.41. The van der Waals surface area contributed by atoms with Crippen LogP contribution >= 0.6 is 0 Å². The summed E-state index contributed by atoms with van der Waals surface area (Å²) in [4.78, 5) is 38.6. The third-order valence-electron chi connectivity index (χ3n) is 1.92. The number of carbonyl (C=O) groups is 3. The van der Waals surface area contributed by atoms with Crippen LogP contribution in [0, 0.1) is 0 Å². The third kappa shape index (κ3) is 6.85. The van der Waals surface area contributed by atoms with Crippen LogP contribution in [0.2, 0.25) is 0 Å². The largest absolute Gasteiger partial charge is 0.466 e. The number of ether oxygens (including phenoxy) is 2. The third-order valence-corrected chi connectivity index (χ3v) is 1.92. The van der Waals surface area contributed by atoms with Crippen molar-refractivity contribution < 1.29 is 28.7 Å². The molecule has 0 saturated carbocycles. The molecule has 0 aromatic rings. The van der Waals surface area contributed by atoms with Crippen LogP contribution in [0.15, 0.2) is 0 Å². The van der Waals surface area contributed by atoms with Crippen LogP contribution in [0.5, 0.6) is 0 Å². The number of rotatable bonds is 8. The molecule has 7 nitrogen and oxygen atoms in total. The first-order valence-electron chi connectivity index (χ1n) is 5.70. The van der Waals surface area contributed by atoms with Crippen molar-refractivity contribution in [3.8, 4) is 0 Å². The van der Waals surface area contributed by atoms with Gasteiger partial charge in [-0.25, -0.2) is 5.06 Å². The van der Waals surface area contributed by atoms with E-state index >= 15 is 0 Å². The van der Waals surface area contributed by atoms with E-state index in [1.165, 1.54) is 7.11 Å². The van der Waals surface area contributed by atoms with E-state index in [1.54, 1.807) is 13.8 Å². The first kappa shape index (κ1) is 16.4. The summed E-state index contributed by atoms with van der Waals surface area (Å²) in [5.74, 6) is -1.61. The van der Waals surface area contributed by atoms with Crippen molar-refractivity contribution >= 4 is 17.8 Å². The maximum absolute atomic E-state index is 11.6. The lowest BCUT2D eigenvalue weighted by Crippen LogP contribution is -2.34. The van der Waals surface area contributed by atoms with Crippen LogP contribution in [-0.2, 0) is 28.7 Å². The van der Waals surface area contributed by atoms with Gasteiger partial charge in [0.1, 0.15) is 6.42 Å². The summed E-state index contributed by atoms with van der Waals surface area (Å²) in [7, 11) is 1.29. The Hall–Kier alpha value is -1.63. The molecule has 0 heterocycles. The normalized spacial score (nSPS) is 9.72. The minimum absolute atomic E-state index is 0.0102. The van der Waals surface area contributed by atoms with Gasteiger partial charge in [-0.3, -0.25) is 19.2 Å². The van der Waals surface area contributed by atoms with Gasteiger partial charge in [0.15, 0.2) is 0 Å². The van der Waals surface area contributed by atoms with Gasteiger partial charge in [-0.1, -0.05) is 0 Å². The Morgan fingerprint density at radius 1 is 1.00 bits per heavy atom. The first-order valence-corrected chi connectivity index (χ1v) is 5.70. The summed E-state index contributed by atoms with van der Waals surface area (Å²) in [5, 5.41) is 0.938. The Morgan fingerprint density at radius 2 is 1.56 bits per heavy atom. The molecule has 0 aliphatic rings. The zero-order valence-corrected chi connectivity index (χ0v) is 10.9. The van der Waals surface area contributed by atoms with E-state index in [9.17, 15) is 14.4 Å². The van der Waals surface area contributed by atoms with Crippen molar-refractivity contribution in [3.63, 3.8) is 0 Å². The second-order valence-electron chi connectivity index (χ2n) is 3.22. The SMILES string of the molecule is CCOC(=O)CCN(OC)C(=O)CC(=O)OCC. The Labute approximate surface area is 106 Å². The van der Waals surface area contributed by atoms with Gasteiger partial charge in [0.25, 0.3) is 5.91 Å². The van der Waals surface area contributed by atoms with E-state index in [4.69, 9.17) is 9.57 Å². The van der Waals surface area contributed by atoms with Crippen molar-refractivity contribution in [2.24, 2.45) is 0 Å². The summed E-state index contributed by atoms with van der Waals surface area (Å²) in [6.07, 6.45) is -0.402. The number of esters is 2. The van der Waals surface area contributed by atoms with E-state index in [0.717, 1.165) is 5.06 Å². The molecule has 0 aliphatic heterocycles. The Morgan fingerprint density at radius 3 is 2.06 bits per heavy atom. The lowest BCUT2D eigenvalue weighted by atomic mass is 10.3. The molecule has 0 aromatic heterocycles. The molecule has 0 fully saturated rings. The minimum Gasteiger partial charge on any atom is -0.466 e. The van der Waals surface area contributed by atoms with Gasteiger partial charge in [-0.15, -0.1) is 0 Å². The molecule has 0 rings (SSSR count). The van der Waals surface area contributed by atoms with Crippen molar-refractivity contribution in [1.29, 1.82) is 0 Å². The molecule has 0 saturated heterocycles. The molecule has 0 spiro atoms. The molecule has 104 valence electrons. The molecular weight excluding hydrogens is 242 g/mol. The molecule has 0 aromatic carbocycles. The standard InChI is InChI=1S/C11H19NO6/c1-4-17-10(14)6-7-12(16-3)9(13)8-11(15)18-5-2/h4-8H2,1-3H3. The molecule has 7 heteroatoms. The predicted molar refractivity (Wildman–Crippen MR) is 61.2 cm³/mol. The lowest BCUT2D eigenvalue weighted by Gasteiger charge is -2.18. The first-order chi connectivity index (χ1) is 8.54. The van der Waals surface area contributed by atoms with Crippen LogP contribution in [-0.4, -0.2) is 49.8 Å². The molecule has 0 unspecified atom stereocenters. The van der Waals surface area contributed by atoms with E-state index in [2.05, 4.69) is 4.74 Å². The fraction of sp³-hybridized carbons (Fsp3) is 0.727. The van der Waals surface area contributed by atoms with Gasteiger partial charge in [0, 0.05) is 0 Å². The van der Waals surface area contributed by atoms with E-state index < -0.39 is 24.3 Å². The molecule has 0 aliphatic carbocycles. The summed E-state index contributed by atoms with van der Waals surface area (Å²) < 4.78 is 9.35. The Balaban J connectivity index is 4.11. The molecule has 0 N–H and O–H groups in total. The maximum Gasteiger partial charge on any atom is 0.315 e. The molecule has 18 heavy (non-hydrogen) atoms. The lowest BCUT2D eigenvalue weighted by molar-refractivity contribution is -0.180. The van der Waals surface area contributed by atoms with Gasteiger partial charge in [-0.05, 0) is 13.8 Å². The fourth-order valence-electron chi connectivity index (χ4n) is 1.17. The predicted octanol–water partition coefficient (Wildman–Crippen LogP) is 0.283. The molecule has 1 amide bonds. The average molecular weight is 261 g/mol. The van der Waals surface area contributed by atoms with E-state index in [0.29, 0.717) is 0 Å². The smallest absolute Gasteiger partial charge is 0.315 e. The average Bonchev–Trinajstić information content (AvgIpc) is 2.30. The Bertz CT molecular complexity index is 291. The van der Waals surface area contributed by atoms with Crippen LogP contribution in [0.4, 0.5) is 0 Å². The second-order valence-corrected chi connectivity index (χ2v) is 3.22. The van der Waals surface area contributed by atoms with Gasteiger partial charge in [-0.2, -0.15) is 0 Å². The number of hydroxylamine groups is 2. The number of hydrogen-bond donors (Lipinski definition) is 0. The van der Waals surface area contributed by atoms with E-state index in [1.807, 2.05) is 0 Å². The topological polar surface area (TPSA) is 82.1 Å². The Kier molecular flexibility index (Phi) is 8.55. The van der Waals surface area contributed by atoms with Crippen LogP contribution < -0.4 is 0 Å². The van der Waals surface area contributed by atoms with Crippen molar-refractivity contribution in [3.05, 3.63) is 0 Å². The monoisotopic (exact) mass is 261 g/mol. The highest BCUT2D eigenvalue weighted by Crippen LogP contribution is 2.00. The van der Waals surface area contributed by atoms with Crippen LogP contribution in [0.3, 0.4) is 0 Å². The fourth-order valence-corrected chi connectivity index (χ4v) is 1.17. The summed E-state index contributed by atoms with van der Waals surface area (Å²) >= 11 is 0. The highest BCUT2D eigenvalue weighted by atomic mass is 16.7. The highest BCUT2D eigenvalue weighted by Gasteiger charge is 2.19. The zero-order valence-electron chi connectivity index (χ0n) is 10.9. The van der Waals surface area contributed by atoms with Crippen molar-refractivity contribution in [2.75, 3.05) is 26.9 Å². The minimum atomic E-state index is -0.624. The van der Waals surface area contributed by atoms with E-state index in [-0.39, 0.29) is 26.2 Å². The van der Waals surface area contributed by atoms with Gasteiger partial charge in [0.2, 0.25) is 0 Å². The van der Waals surface area contributed by atoms with Gasteiger partial charge in [0.05, 0.1) is 33.3 Å². The van der Waals surface area contributed by atoms with Gasteiger partial charge < -0.3 is 9.47 Å². The molecule has 0 atom stereocenters. The zero-order chi connectivity index (χ0) is 14.0. The number of amides is 1. The van der Waals surface area contributed by atoms with Gasteiger partial charge >= 0.3 is 11.9 Å². The van der Waals surface area contributed by atoms with Crippen LogP contribution in [0.25, 0.3) is 0 Å². The van der Waals surface area contributed by atoms with Crippen LogP contribution in [0.1, 0.15) is 26.7 Å². The van der Waals surface area contributed by atoms with Crippen molar-refractivity contribution in [2.45, 2.75) is 26.7 Å². The summed E-state index contributed by atoms with van der Waals surface area (Å²) in [6.45, 7) is 3.87. The number of nitrogens with zero attached hydrogens (tertiary/aromatic N) is 1. The maximum atomic E-state index is 11.6. The highest BCUT2D eigenvalue weighted by molar-refractivity contribution is 5.93. The molecular formula is C11H19NO6. The number of carbonyl (C=O) groups excluding carboxylic acids is 3. The summed E-state index contributed by atoms with van der Waals surface area (Å²) in [6, 6.07) is 0. The molecule has 0 bridgehead atoms. The van der Waals surface area contributed by atoms with Crippen molar-refractivity contribution in [1.82, 2.24) is 5.06 Å². The summed E-state index contributed by atoms with van der Waals surface area (Å²) in [5.41, 5.74) is 0. The quantitative estimate of drug-likeness (QED) is 0.354.